The molecule has 1 amide bonds. The lowest BCUT2D eigenvalue weighted by Crippen LogP contribution is -2.22. The maximum atomic E-state index is 13.7. The van der Waals surface area contributed by atoms with Crippen molar-refractivity contribution >= 4 is 50.7 Å². The Morgan fingerprint density at radius 1 is 1.27 bits per heavy atom. The number of hydrogen-bond donors (Lipinski definition) is 1. The van der Waals surface area contributed by atoms with Crippen LogP contribution in [0, 0.1) is 11.6 Å². The van der Waals surface area contributed by atoms with E-state index in [-0.39, 0.29) is 17.0 Å². The number of carbonyl (C=O) groups is 1. The van der Waals surface area contributed by atoms with Crippen molar-refractivity contribution in [3.8, 4) is 0 Å². The number of unbranched alkanes of at least 4 members (excludes halogenated alkanes) is 1. The maximum Gasteiger partial charge on any atom is 0.272 e. The van der Waals surface area contributed by atoms with Gasteiger partial charge in [0.25, 0.3) is 5.56 Å². The van der Waals surface area contributed by atoms with E-state index in [1.54, 1.807) is 8.97 Å². The minimum Gasteiger partial charge on any atom is -0.323 e. The summed E-state index contributed by atoms with van der Waals surface area (Å²) in [6.07, 6.45) is 1.75. The van der Waals surface area contributed by atoms with Gasteiger partial charge in [0.2, 0.25) is 11.7 Å². The molecule has 1 aromatic carbocycles. The second-order valence-electron chi connectivity index (χ2n) is 6.52. The fourth-order valence-electron chi connectivity index (χ4n) is 3.02. The number of thioether (sulfide) groups is 1. The fourth-order valence-corrected chi connectivity index (χ4v) is 4.58. The molecule has 4 rings (SSSR count). The molecule has 0 aliphatic carbocycles. The normalized spacial score (nSPS) is 11.4. The van der Waals surface area contributed by atoms with Crippen LogP contribution >= 0.6 is 23.1 Å². The molecule has 3 aromatic heterocycles. The van der Waals surface area contributed by atoms with E-state index in [1.165, 1.54) is 11.3 Å². The third-order valence-electron chi connectivity index (χ3n) is 4.45. The smallest absolute Gasteiger partial charge is 0.272 e. The molecule has 1 N–H and O–H groups in total. The number of aryl methyl sites for hydroxylation is 1. The molecular weight excluding hydrogens is 432 g/mol. The highest BCUT2D eigenvalue weighted by Gasteiger charge is 2.18. The highest BCUT2D eigenvalue weighted by Crippen LogP contribution is 2.25. The van der Waals surface area contributed by atoms with Crippen LogP contribution in [0.5, 0.6) is 0 Å². The number of carbonyl (C=O) groups excluding carboxylic acids is 1. The molecule has 3 heterocycles. The van der Waals surface area contributed by atoms with Crippen molar-refractivity contribution in [1.82, 2.24) is 19.2 Å². The number of nitrogens with zero attached hydrogens (tertiary/aromatic N) is 4. The van der Waals surface area contributed by atoms with Gasteiger partial charge in [-0.05, 0) is 30.0 Å². The zero-order valence-electron chi connectivity index (χ0n) is 15.9. The largest absolute Gasteiger partial charge is 0.323 e. The topological polar surface area (TPSA) is 81.3 Å². The van der Waals surface area contributed by atoms with E-state index in [2.05, 4.69) is 15.5 Å². The van der Waals surface area contributed by atoms with Gasteiger partial charge in [-0.15, -0.1) is 21.5 Å². The predicted molar refractivity (Wildman–Crippen MR) is 113 cm³/mol. The summed E-state index contributed by atoms with van der Waals surface area (Å²) in [5.74, 6) is -1.55. The van der Waals surface area contributed by atoms with Gasteiger partial charge in [0.1, 0.15) is 16.3 Å². The van der Waals surface area contributed by atoms with Crippen molar-refractivity contribution in [2.24, 2.45) is 0 Å². The lowest BCUT2D eigenvalue weighted by Gasteiger charge is -2.09. The molecule has 0 spiro atoms. The Labute approximate surface area is 177 Å². The molecular formula is C19H17F2N5O2S2. The summed E-state index contributed by atoms with van der Waals surface area (Å²) in [5, 5.41) is 12.9. The van der Waals surface area contributed by atoms with Crippen molar-refractivity contribution in [3.63, 3.8) is 0 Å². The number of anilines is 1. The number of rotatable bonds is 7. The highest BCUT2D eigenvalue weighted by molar-refractivity contribution is 7.99. The first kappa shape index (κ1) is 20.5. The van der Waals surface area contributed by atoms with Gasteiger partial charge in [0, 0.05) is 12.6 Å². The number of amides is 1. The monoisotopic (exact) mass is 449 g/mol. The van der Waals surface area contributed by atoms with Crippen LogP contribution in [0.4, 0.5) is 14.5 Å². The fraction of sp³-hybridized carbons (Fsp3) is 0.263. The number of nitrogens with one attached hydrogen (secondary N) is 1. The van der Waals surface area contributed by atoms with Gasteiger partial charge in [-0.25, -0.2) is 8.78 Å². The van der Waals surface area contributed by atoms with Crippen LogP contribution in [0.3, 0.4) is 0 Å². The molecule has 0 atom stereocenters. The van der Waals surface area contributed by atoms with E-state index in [9.17, 15) is 18.4 Å². The number of thiophene rings is 1. The number of benzene rings is 1. The first-order valence-corrected chi connectivity index (χ1v) is 11.1. The van der Waals surface area contributed by atoms with E-state index in [0.717, 1.165) is 42.8 Å². The van der Waals surface area contributed by atoms with Crippen molar-refractivity contribution in [2.75, 3.05) is 11.1 Å². The molecule has 11 heteroatoms. The molecule has 7 nitrogen and oxygen atoms in total. The van der Waals surface area contributed by atoms with Gasteiger partial charge in [-0.1, -0.05) is 25.1 Å². The third kappa shape index (κ3) is 3.82. The van der Waals surface area contributed by atoms with Gasteiger partial charge in [-0.2, -0.15) is 0 Å². The van der Waals surface area contributed by atoms with E-state index in [4.69, 9.17) is 0 Å². The van der Waals surface area contributed by atoms with Gasteiger partial charge < -0.3 is 5.32 Å². The van der Waals surface area contributed by atoms with E-state index in [0.29, 0.717) is 27.7 Å². The Hall–Kier alpha value is -2.79. The summed E-state index contributed by atoms with van der Waals surface area (Å²) in [6, 6.07) is 4.67. The van der Waals surface area contributed by atoms with Gasteiger partial charge in [-0.3, -0.25) is 18.6 Å². The first-order chi connectivity index (χ1) is 14.5. The Bertz CT molecular complexity index is 1300. The van der Waals surface area contributed by atoms with Crippen molar-refractivity contribution in [1.29, 1.82) is 0 Å². The molecule has 30 heavy (non-hydrogen) atoms. The zero-order chi connectivity index (χ0) is 21.3. The zero-order valence-corrected chi connectivity index (χ0v) is 17.5. The molecule has 0 fully saturated rings. The molecule has 0 bridgehead atoms. The SMILES string of the molecule is CCCCn1c(=O)c2sccc2n2c(SCC(=O)Nc3cc(F)ccc3F)nnc12. The molecule has 4 aromatic rings. The molecule has 0 aliphatic heterocycles. The van der Waals surface area contributed by atoms with Crippen LogP contribution in [0.25, 0.3) is 16.0 Å². The first-order valence-electron chi connectivity index (χ1n) is 9.22. The second-order valence-corrected chi connectivity index (χ2v) is 8.38. The van der Waals surface area contributed by atoms with Crippen LogP contribution in [0.2, 0.25) is 0 Å². The standard InChI is InChI=1S/C19H17F2N5O2S2/c1-2-3-7-25-17(28)16-14(6-8-29-16)26-18(25)23-24-19(26)30-10-15(27)22-13-9-11(20)4-5-12(13)21/h4-6,8-9H,2-3,7,10H2,1H3,(H,22,27). The third-order valence-corrected chi connectivity index (χ3v) is 6.27. The van der Waals surface area contributed by atoms with E-state index in [1.807, 2.05) is 18.4 Å². The Morgan fingerprint density at radius 2 is 2.10 bits per heavy atom. The number of hydrogen-bond acceptors (Lipinski definition) is 6. The van der Waals surface area contributed by atoms with E-state index >= 15 is 0 Å². The van der Waals surface area contributed by atoms with Crippen LogP contribution in [-0.4, -0.2) is 30.8 Å². The van der Waals surface area contributed by atoms with Crippen molar-refractivity contribution in [2.45, 2.75) is 31.5 Å². The maximum absolute atomic E-state index is 13.7. The number of halogens is 2. The van der Waals surface area contributed by atoms with Crippen molar-refractivity contribution < 1.29 is 13.6 Å². The summed E-state index contributed by atoms with van der Waals surface area (Å²) in [5.41, 5.74) is 0.349. The average molecular weight is 450 g/mol. The summed E-state index contributed by atoms with van der Waals surface area (Å²) in [6.45, 7) is 2.56. The van der Waals surface area contributed by atoms with Crippen LogP contribution in [0.1, 0.15) is 19.8 Å². The molecule has 0 radical (unpaired) electrons. The lowest BCUT2D eigenvalue weighted by atomic mass is 10.3. The highest BCUT2D eigenvalue weighted by atomic mass is 32.2. The Balaban J connectivity index is 1.62. The van der Waals surface area contributed by atoms with Gasteiger partial charge in [0.15, 0.2) is 5.16 Å². The summed E-state index contributed by atoms with van der Waals surface area (Å²) in [7, 11) is 0. The number of aromatic nitrogens is 4. The molecule has 0 aliphatic rings. The Kier molecular flexibility index (Phi) is 5.82. The summed E-state index contributed by atoms with van der Waals surface area (Å²) < 4.78 is 31.0. The molecule has 0 saturated heterocycles. The van der Waals surface area contributed by atoms with Crippen LogP contribution in [0.15, 0.2) is 39.6 Å². The van der Waals surface area contributed by atoms with Crippen LogP contribution in [-0.2, 0) is 11.3 Å². The van der Waals surface area contributed by atoms with Crippen LogP contribution < -0.4 is 10.9 Å². The lowest BCUT2D eigenvalue weighted by molar-refractivity contribution is -0.113. The van der Waals surface area contributed by atoms with E-state index < -0.39 is 17.5 Å². The summed E-state index contributed by atoms with van der Waals surface area (Å²) >= 11 is 2.44. The summed E-state index contributed by atoms with van der Waals surface area (Å²) in [4.78, 5) is 25.1. The second kappa shape index (κ2) is 8.52. The Morgan fingerprint density at radius 3 is 2.90 bits per heavy atom. The average Bonchev–Trinajstić information content (AvgIpc) is 3.36. The minimum atomic E-state index is -0.720. The van der Waals surface area contributed by atoms with Gasteiger partial charge in [0.05, 0.1) is 17.0 Å². The quantitative estimate of drug-likeness (QED) is 0.433. The van der Waals surface area contributed by atoms with Gasteiger partial charge >= 0.3 is 0 Å². The number of fused-ring (bicyclic) bond motifs is 3. The van der Waals surface area contributed by atoms with Crippen molar-refractivity contribution in [3.05, 3.63) is 51.6 Å². The molecule has 0 unspecified atom stereocenters. The predicted octanol–water partition coefficient (Wildman–Crippen LogP) is 3.91. The molecule has 0 saturated carbocycles. The minimum absolute atomic E-state index is 0.0868. The molecule has 156 valence electrons.